The number of hydrogen-bond acceptors (Lipinski definition) is 6. The first kappa shape index (κ1) is 15.9. The van der Waals surface area contributed by atoms with Crippen LogP contribution >= 0.6 is 0 Å². The number of nitrogens with one attached hydrogen (secondary N) is 1. The summed E-state index contributed by atoms with van der Waals surface area (Å²) in [5.41, 5.74) is 3.28. The van der Waals surface area contributed by atoms with Crippen molar-refractivity contribution in [1.29, 1.82) is 0 Å². The molecule has 132 valence electrons. The highest BCUT2D eigenvalue weighted by molar-refractivity contribution is 5.77. The molecule has 2 aromatic carbocycles. The van der Waals surface area contributed by atoms with Gasteiger partial charge in [-0.05, 0) is 24.3 Å². The molecule has 26 heavy (non-hydrogen) atoms. The summed E-state index contributed by atoms with van der Waals surface area (Å²) in [4.78, 5) is 4.51. The van der Waals surface area contributed by atoms with Crippen molar-refractivity contribution >= 4 is 11.0 Å². The summed E-state index contributed by atoms with van der Waals surface area (Å²) in [5.74, 6) is 2.54. The van der Waals surface area contributed by atoms with E-state index in [9.17, 15) is 0 Å². The van der Waals surface area contributed by atoms with E-state index < -0.39 is 0 Å². The van der Waals surface area contributed by atoms with E-state index in [1.165, 1.54) is 0 Å². The first-order chi connectivity index (χ1) is 12.7. The van der Waals surface area contributed by atoms with Crippen molar-refractivity contribution in [1.82, 2.24) is 25.0 Å². The standard InChI is InChI=1S/C18H17N5O3/c1-24-15-10-17(26-3)16(25-2)9-12(15)18-19-6-7-23(18)11-4-5-13-14(8-11)21-22-20-13/h4-10H,1-3H3,(H,20,21,22). The molecule has 0 aliphatic carbocycles. The van der Waals surface area contributed by atoms with Crippen LogP contribution in [0.4, 0.5) is 0 Å². The fraction of sp³-hybridized carbons (Fsp3) is 0.167. The number of fused-ring (bicyclic) bond motifs is 1. The lowest BCUT2D eigenvalue weighted by Gasteiger charge is -2.15. The Balaban J connectivity index is 1.88. The molecule has 0 amide bonds. The summed E-state index contributed by atoms with van der Waals surface area (Å²) in [7, 11) is 4.80. The zero-order valence-electron chi connectivity index (χ0n) is 14.6. The Morgan fingerprint density at radius 2 is 1.58 bits per heavy atom. The molecule has 0 atom stereocenters. The minimum absolute atomic E-state index is 0.593. The van der Waals surface area contributed by atoms with Crippen LogP contribution in [0.15, 0.2) is 42.7 Å². The van der Waals surface area contributed by atoms with E-state index in [1.807, 2.05) is 35.0 Å². The topological polar surface area (TPSA) is 87.1 Å². The van der Waals surface area contributed by atoms with Crippen LogP contribution in [0, 0.1) is 0 Å². The molecule has 0 aliphatic heterocycles. The highest BCUT2D eigenvalue weighted by Gasteiger charge is 2.18. The third-order valence-electron chi connectivity index (χ3n) is 4.17. The monoisotopic (exact) mass is 351 g/mol. The van der Waals surface area contributed by atoms with Crippen molar-refractivity contribution in [3.8, 4) is 34.3 Å². The Hall–Kier alpha value is -3.55. The smallest absolute Gasteiger partial charge is 0.164 e. The van der Waals surface area contributed by atoms with Gasteiger partial charge in [-0.1, -0.05) is 0 Å². The molecule has 0 radical (unpaired) electrons. The van der Waals surface area contributed by atoms with E-state index >= 15 is 0 Å². The molecule has 0 saturated heterocycles. The number of ether oxygens (including phenoxy) is 3. The van der Waals surface area contributed by atoms with Gasteiger partial charge in [-0.25, -0.2) is 4.98 Å². The number of methoxy groups -OCH3 is 3. The van der Waals surface area contributed by atoms with Crippen LogP contribution in [0.3, 0.4) is 0 Å². The normalized spacial score (nSPS) is 10.9. The van der Waals surface area contributed by atoms with Gasteiger partial charge < -0.3 is 14.2 Å². The highest BCUT2D eigenvalue weighted by atomic mass is 16.5. The Labute approximate surface area is 149 Å². The lowest BCUT2D eigenvalue weighted by Crippen LogP contribution is -2.00. The second kappa shape index (κ2) is 6.40. The minimum atomic E-state index is 0.593. The molecular weight excluding hydrogens is 334 g/mol. The molecule has 0 aliphatic rings. The molecule has 4 aromatic rings. The predicted octanol–water partition coefficient (Wildman–Crippen LogP) is 2.84. The van der Waals surface area contributed by atoms with E-state index in [0.29, 0.717) is 23.1 Å². The molecule has 4 rings (SSSR count). The molecular formula is C18H17N5O3. The maximum absolute atomic E-state index is 5.54. The van der Waals surface area contributed by atoms with Crippen LogP contribution in [0.1, 0.15) is 0 Å². The maximum atomic E-state index is 5.54. The lowest BCUT2D eigenvalue weighted by atomic mass is 10.1. The Bertz CT molecular complexity index is 1070. The fourth-order valence-electron chi connectivity index (χ4n) is 2.89. The van der Waals surface area contributed by atoms with E-state index in [2.05, 4.69) is 20.4 Å². The van der Waals surface area contributed by atoms with Gasteiger partial charge in [0.2, 0.25) is 0 Å². The first-order valence-corrected chi connectivity index (χ1v) is 7.89. The molecule has 0 unspecified atom stereocenters. The second-order valence-electron chi connectivity index (χ2n) is 5.52. The van der Waals surface area contributed by atoms with E-state index in [1.54, 1.807) is 33.6 Å². The van der Waals surface area contributed by atoms with Gasteiger partial charge in [0.15, 0.2) is 11.5 Å². The second-order valence-corrected chi connectivity index (χ2v) is 5.52. The molecule has 1 N–H and O–H groups in total. The van der Waals surface area contributed by atoms with Crippen LogP contribution in [0.25, 0.3) is 28.1 Å². The van der Waals surface area contributed by atoms with Gasteiger partial charge in [-0.2, -0.15) is 15.4 Å². The van der Waals surface area contributed by atoms with Crippen molar-refractivity contribution in [2.45, 2.75) is 0 Å². The molecule has 0 bridgehead atoms. The summed E-state index contributed by atoms with van der Waals surface area (Å²) in [6.45, 7) is 0. The molecule has 2 heterocycles. The molecule has 8 nitrogen and oxygen atoms in total. The molecule has 0 spiro atoms. The van der Waals surface area contributed by atoms with Crippen LogP contribution in [0.5, 0.6) is 17.2 Å². The number of aromatic amines is 1. The number of rotatable bonds is 5. The van der Waals surface area contributed by atoms with Gasteiger partial charge in [-0.3, -0.25) is 4.57 Å². The van der Waals surface area contributed by atoms with Crippen molar-refractivity contribution in [3.63, 3.8) is 0 Å². The van der Waals surface area contributed by atoms with Crippen molar-refractivity contribution in [2.24, 2.45) is 0 Å². The van der Waals surface area contributed by atoms with Crippen LogP contribution in [0.2, 0.25) is 0 Å². The summed E-state index contributed by atoms with van der Waals surface area (Å²) >= 11 is 0. The number of H-pyrrole nitrogens is 1. The van der Waals surface area contributed by atoms with Gasteiger partial charge in [0, 0.05) is 24.1 Å². The fourth-order valence-corrected chi connectivity index (χ4v) is 2.89. The maximum Gasteiger partial charge on any atom is 0.164 e. The predicted molar refractivity (Wildman–Crippen MR) is 96.1 cm³/mol. The highest BCUT2D eigenvalue weighted by Crippen LogP contribution is 2.40. The van der Waals surface area contributed by atoms with Gasteiger partial charge in [0.1, 0.15) is 22.6 Å². The zero-order chi connectivity index (χ0) is 18.1. The van der Waals surface area contributed by atoms with Crippen LogP contribution in [-0.2, 0) is 0 Å². The molecule has 8 heteroatoms. The minimum Gasteiger partial charge on any atom is -0.496 e. The summed E-state index contributed by atoms with van der Waals surface area (Å²) < 4.78 is 18.3. The van der Waals surface area contributed by atoms with Crippen LogP contribution < -0.4 is 14.2 Å². The Morgan fingerprint density at radius 3 is 2.35 bits per heavy atom. The third kappa shape index (κ3) is 2.52. The summed E-state index contributed by atoms with van der Waals surface area (Å²) in [6, 6.07) is 9.45. The molecule has 0 saturated carbocycles. The van der Waals surface area contributed by atoms with Crippen LogP contribution in [-0.4, -0.2) is 46.3 Å². The zero-order valence-corrected chi connectivity index (χ0v) is 14.6. The molecule has 0 fully saturated rings. The average Bonchev–Trinajstić information content (AvgIpc) is 3.35. The van der Waals surface area contributed by atoms with Gasteiger partial charge in [-0.15, -0.1) is 0 Å². The number of hydrogen-bond donors (Lipinski definition) is 1. The number of benzene rings is 2. The third-order valence-corrected chi connectivity index (χ3v) is 4.17. The lowest BCUT2D eigenvalue weighted by molar-refractivity contribution is 0.349. The van der Waals surface area contributed by atoms with Gasteiger partial charge in [0.05, 0.1) is 26.9 Å². The quantitative estimate of drug-likeness (QED) is 0.595. The van der Waals surface area contributed by atoms with Crippen molar-refractivity contribution in [3.05, 3.63) is 42.7 Å². The first-order valence-electron chi connectivity index (χ1n) is 7.89. The molecule has 2 aromatic heterocycles. The number of aromatic nitrogens is 5. The average molecular weight is 351 g/mol. The SMILES string of the molecule is COc1cc(OC)c(-c2nccn2-c2ccc3n[nH]nc3c2)cc1OC. The van der Waals surface area contributed by atoms with Gasteiger partial charge in [0.25, 0.3) is 0 Å². The van der Waals surface area contributed by atoms with Crippen molar-refractivity contribution < 1.29 is 14.2 Å². The van der Waals surface area contributed by atoms with Gasteiger partial charge >= 0.3 is 0 Å². The number of nitrogens with zero attached hydrogens (tertiary/aromatic N) is 4. The summed E-state index contributed by atoms with van der Waals surface area (Å²) in [6.07, 6.45) is 3.62. The van der Waals surface area contributed by atoms with E-state index in [4.69, 9.17) is 14.2 Å². The largest absolute Gasteiger partial charge is 0.496 e. The summed E-state index contributed by atoms with van der Waals surface area (Å²) in [5, 5.41) is 10.9. The van der Waals surface area contributed by atoms with E-state index in [0.717, 1.165) is 22.3 Å². The Morgan fingerprint density at radius 1 is 0.846 bits per heavy atom. The van der Waals surface area contributed by atoms with E-state index in [-0.39, 0.29) is 0 Å². The number of imidazole rings is 1. The van der Waals surface area contributed by atoms with Crippen molar-refractivity contribution in [2.75, 3.05) is 21.3 Å². The Kier molecular flexibility index (Phi) is 3.92.